The molecular weight excluding hydrogens is 182 g/mol. The normalized spacial score (nSPS) is 27.3. The summed E-state index contributed by atoms with van der Waals surface area (Å²) in [5.41, 5.74) is -0.194. The third-order valence-electron chi connectivity index (χ3n) is 2.58. The fourth-order valence-electron chi connectivity index (χ4n) is 1.92. The van der Waals surface area contributed by atoms with E-state index in [1.54, 1.807) is 0 Å². The van der Waals surface area contributed by atoms with Crippen LogP contribution in [-0.2, 0) is 14.3 Å². The van der Waals surface area contributed by atoms with E-state index in [4.69, 9.17) is 4.74 Å². The van der Waals surface area contributed by atoms with E-state index in [2.05, 4.69) is 10.1 Å². The van der Waals surface area contributed by atoms with E-state index in [0.29, 0.717) is 13.0 Å². The van der Waals surface area contributed by atoms with Gasteiger partial charge in [0, 0.05) is 6.61 Å². The SMILES string of the molecule is CCNC1(CC(=O)OC)CCCOC1. The summed E-state index contributed by atoms with van der Waals surface area (Å²) >= 11 is 0. The molecule has 0 aromatic carbocycles. The first-order valence-electron chi connectivity index (χ1n) is 5.12. The number of hydrogen-bond acceptors (Lipinski definition) is 4. The number of rotatable bonds is 4. The number of ether oxygens (including phenoxy) is 2. The van der Waals surface area contributed by atoms with Crippen molar-refractivity contribution in [2.45, 2.75) is 31.7 Å². The van der Waals surface area contributed by atoms with Gasteiger partial charge in [-0.2, -0.15) is 0 Å². The lowest BCUT2D eigenvalue weighted by atomic mass is 9.89. The minimum atomic E-state index is -0.194. The molecular formula is C10H19NO3. The van der Waals surface area contributed by atoms with Crippen LogP contribution in [0.3, 0.4) is 0 Å². The zero-order chi connectivity index (χ0) is 10.4. The van der Waals surface area contributed by atoms with Crippen molar-refractivity contribution >= 4 is 5.97 Å². The molecule has 1 fully saturated rings. The van der Waals surface area contributed by atoms with Gasteiger partial charge in [-0.15, -0.1) is 0 Å². The molecule has 14 heavy (non-hydrogen) atoms. The number of nitrogens with one attached hydrogen (secondary N) is 1. The third-order valence-corrected chi connectivity index (χ3v) is 2.58. The highest BCUT2D eigenvalue weighted by Gasteiger charge is 2.34. The van der Waals surface area contributed by atoms with Crippen molar-refractivity contribution in [1.82, 2.24) is 5.32 Å². The molecule has 1 aliphatic heterocycles. The molecule has 1 N–H and O–H groups in total. The van der Waals surface area contributed by atoms with Crippen molar-refractivity contribution < 1.29 is 14.3 Å². The fourth-order valence-corrected chi connectivity index (χ4v) is 1.92. The minimum Gasteiger partial charge on any atom is -0.469 e. The maximum atomic E-state index is 11.2. The van der Waals surface area contributed by atoms with Crippen LogP contribution >= 0.6 is 0 Å². The van der Waals surface area contributed by atoms with Crippen molar-refractivity contribution in [3.8, 4) is 0 Å². The molecule has 4 nitrogen and oxygen atoms in total. The topological polar surface area (TPSA) is 47.6 Å². The van der Waals surface area contributed by atoms with E-state index >= 15 is 0 Å². The molecule has 1 heterocycles. The zero-order valence-electron chi connectivity index (χ0n) is 8.97. The summed E-state index contributed by atoms with van der Waals surface area (Å²) in [6.45, 7) is 4.29. The summed E-state index contributed by atoms with van der Waals surface area (Å²) < 4.78 is 10.1. The Hall–Kier alpha value is -0.610. The molecule has 0 aromatic rings. The number of hydrogen-bond donors (Lipinski definition) is 1. The second-order valence-corrected chi connectivity index (χ2v) is 3.72. The second-order valence-electron chi connectivity index (χ2n) is 3.72. The predicted octanol–water partition coefficient (Wildman–Crippen LogP) is 0.708. The van der Waals surface area contributed by atoms with Gasteiger partial charge in [0.2, 0.25) is 0 Å². The van der Waals surface area contributed by atoms with Crippen LogP contribution in [-0.4, -0.2) is 38.4 Å². The summed E-state index contributed by atoms with van der Waals surface area (Å²) in [6.07, 6.45) is 2.39. The number of esters is 1. The van der Waals surface area contributed by atoms with Crippen LogP contribution in [0.25, 0.3) is 0 Å². The lowest BCUT2D eigenvalue weighted by Gasteiger charge is -2.36. The first-order valence-corrected chi connectivity index (χ1v) is 5.12. The number of carbonyl (C=O) groups is 1. The zero-order valence-corrected chi connectivity index (χ0v) is 8.97. The Morgan fingerprint density at radius 1 is 1.64 bits per heavy atom. The lowest BCUT2D eigenvalue weighted by Crippen LogP contribution is -2.52. The number of likely N-dealkylation sites (N-methyl/N-ethyl adjacent to an activating group) is 1. The van der Waals surface area contributed by atoms with Crippen LogP contribution in [0.5, 0.6) is 0 Å². The van der Waals surface area contributed by atoms with E-state index in [9.17, 15) is 4.79 Å². The lowest BCUT2D eigenvalue weighted by molar-refractivity contribution is -0.144. The molecule has 1 aliphatic rings. The fraction of sp³-hybridized carbons (Fsp3) is 0.900. The molecule has 0 aromatic heterocycles. The van der Waals surface area contributed by atoms with Crippen molar-refractivity contribution in [3.05, 3.63) is 0 Å². The first kappa shape index (κ1) is 11.5. The average molecular weight is 201 g/mol. The highest BCUT2D eigenvalue weighted by molar-refractivity contribution is 5.70. The van der Waals surface area contributed by atoms with Gasteiger partial charge in [-0.1, -0.05) is 6.92 Å². The molecule has 0 radical (unpaired) electrons. The van der Waals surface area contributed by atoms with Crippen LogP contribution in [0, 0.1) is 0 Å². The monoisotopic (exact) mass is 201 g/mol. The minimum absolute atomic E-state index is 0.170. The summed E-state index contributed by atoms with van der Waals surface area (Å²) in [5, 5.41) is 3.34. The van der Waals surface area contributed by atoms with E-state index in [1.165, 1.54) is 7.11 Å². The van der Waals surface area contributed by atoms with E-state index in [-0.39, 0.29) is 11.5 Å². The van der Waals surface area contributed by atoms with Gasteiger partial charge in [0.15, 0.2) is 0 Å². The van der Waals surface area contributed by atoms with Crippen LogP contribution in [0.2, 0.25) is 0 Å². The average Bonchev–Trinajstić information content (AvgIpc) is 2.19. The van der Waals surface area contributed by atoms with Gasteiger partial charge in [-0.3, -0.25) is 4.79 Å². The number of methoxy groups -OCH3 is 1. The van der Waals surface area contributed by atoms with Gasteiger partial charge in [-0.05, 0) is 19.4 Å². The molecule has 0 bridgehead atoms. The van der Waals surface area contributed by atoms with E-state index in [0.717, 1.165) is 26.0 Å². The number of carbonyl (C=O) groups excluding carboxylic acids is 1. The molecule has 1 rings (SSSR count). The predicted molar refractivity (Wildman–Crippen MR) is 53.1 cm³/mol. The molecule has 1 saturated heterocycles. The largest absolute Gasteiger partial charge is 0.469 e. The summed E-state index contributed by atoms with van der Waals surface area (Å²) in [6, 6.07) is 0. The molecule has 1 unspecified atom stereocenters. The Kier molecular flexibility index (Phi) is 4.35. The molecule has 4 heteroatoms. The molecule has 1 atom stereocenters. The maximum absolute atomic E-state index is 11.2. The molecule has 0 spiro atoms. The Morgan fingerprint density at radius 3 is 2.93 bits per heavy atom. The smallest absolute Gasteiger partial charge is 0.307 e. The summed E-state index contributed by atoms with van der Waals surface area (Å²) in [5.74, 6) is -0.170. The quantitative estimate of drug-likeness (QED) is 0.680. The van der Waals surface area contributed by atoms with Gasteiger partial charge < -0.3 is 14.8 Å². The van der Waals surface area contributed by atoms with Crippen LogP contribution in [0.4, 0.5) is 0 Å². The van der Waals surface area contributed by atoms with Crippen LogP contribution in [0.15, 0.2) is 0 Å². The van der Waals surface area contributed by atoms with Gasteiger partial charge in [0.05, 0.1) is 25.7 Å². The van der Waals surface area contributed by atoms with Crippen LogP contribution < -0.4 is 5.32 Å². The van der Waals surface area contributed by atoms with Crippen molar-refractivity contribution in [1.29, 1.82) is 0 Å². The molecule has 0 aliphatic carbocycles. The van der Waals surface area contributed by atoms with Gasteiger partial charge in [0.25, 0.3) is 0 Å². The van der Waals surface area contributed by atoms with Crippen molar-refractivity contribution in [3.63, 3.8) is 0 Å². The van der Waals surface area contributed by atoms with Crippen molar-refractivity contribution in [2.75, 3.05) is 26.9 Å². The molecule has 0 amide bonds. The van der Waals surface area contributed by atoms with Crippen LogP contribution in [0.1, 0.15) is 26.2 Å². The standard InChI is InChI=1S/C10H19NO3/c1-3-11-10(7-9(12)13-2)5-4-6-14-8-10/h11H,3-8H2,1-2H3. The highest BCUT2D eigenvalue weighted by Crippen LogP contribution is 2.23. The second kappa shape index (κ2) is 5.32. The first-order chi connectivity index (χ1) is 6.72. The molecule has 0 saturated carbocycles. The summed E-state index contributed by atoms with van der Waals surface area (Å²) in [4.78, 5) is 11.2. The van der Waals surface area contributed by atoms with Gasteiger partial charge >= 0.3 is 5.97 Å². The Labute approximate surface area is 85.0 Å². The Bertz CT molecular complexity index is 182. The maximum Gasteiger partial charge on any atom is 0.307 e. The van der Waals surface area contributed by atoms with Gasteiger partial charge in [0.1, 0.15) is 0 Å². The van der Waals surface area contributed by atoms with E-state index in [1.807, 2.05) is 6.92 Å². The third kappa shape index (κ3) is 2.96. The molecule has 82 valence electrons. The summed E-state index contributed by atoms with van der Waals surface area (Å²) in [7, 11) is 1.42. The highest BCUT2D eigenvalue weighted by atomic mass is 16.5. The van der Waals surface area contributed by atoms with E-state index < -0.39 is 0 Å². The Morgan fingerprint density at radius 2 is 2.43 bits per heavy atom. The van der Waals surface area contributed by atoms with Gasteiger partial charge in [-0.25, -0.2) is 0 Å². The van der Waals surface area contributed by atoms with Crippen molar-refractivity contribution in [2.24, 2.45) is 0 Å². The Balaban J connectivity index is 2.55.